The zero-order chi connectivity index (χ0) is 8.69. The van der Waals surface area contributed by atoms with Crippen LogP contribution in [-0.2, 0) is 9.59 Å². The molecule has 1 amide bonds. The van der Waals surface area contributed by atoms with Crippen LogP contribution < -0.4 is 5.32 Å². The van der Waals surface area contributed by atoms with Crippen molar-refractivity contribution in [1.29, 1.82) is 0 Å². The lowest BCUT2D eigenvalue weighted by Crippen LogP contribution is -2.24. The average Bonchev–Trinajstić information content (AvgIpc) is 1.97. The van der Waals surface area contributed by atoms with E-state index in [4.69, 9.17) is 10.2 Å². The van der Waals surface area contributed by atoms with E-state index < -0.39 is 11.9 Å². The van der Waals surface area contributed by atoms with Crippen molar-refractivity contribution in [3.05, 3.63) is 12.2 Å². The minimum Gasteiger partial charge on any atom is -0.478 e. The van der Waals surface area contributed by atoms with Crippen molar-refractivity contribution in [2.24, 2.45) is 0 Å². The van der Waals surface area contributed by atoms with E-state index in [-0.39, 0.29) is 13.2 Å². The van der Waals surface area contributed by atoms with E-state index in [1.54, 1.807) is 0 Å². The standard InChI is InChI=1S/C6H9NO4/c8-4-3-7-5(9)1-2-6(10)11/h1-2,8H,3-4H2,(H,7,9)(H,10,11)/b2-1-. The molecule has 0 aromatic carbocycles. The summed E-state index contributed by atoms with van der Waals surface area (Å²) in [6.45, 7) is -0.0323. The fourth-order valence-corrected chi connectivity index (χ4v) is 0.385. The Labute approximate surface area is 63.3 Å². The summed E-state index contributed by atoms with van der Waals surface area (Å²) in [5.74, 6) is -1.70. The summed E-state index contributed by atoms with van der Waals surface area (Å²) in [7, 11) is 0. The van der Waals surface area contributed by atoms with Gasteiger partial charge in [-0.2, -0.15) is 0 Å². The second kappa shape index (κ2) is 5.43. The second-order valence-electron chi connectivity index (χ2n) is 1.69. The first kappa shape index (κ1) is 9.64. The topological polar surface area (TPSA) is 86.6 Å². The third kappa shape index (κ3) is 6.53. The highest BCUT2D eigenvalue weighted by Gasteiger charge is 1.93. The lowest BCUT2D eigenvalue weighted by Gasteiger charge is -1.95. The van der Waals surface area contributed by atoms with E-state index in [0.717, 1.165) is 12.2 Å². The van der Waals surface area contributed by atoms with Gasteiger partial charge in [-0.15, -0.1) is 0 Å². The maximum Gasteiger partial charge on any atom is 0.328 e. The van der Waals surface area contributed by atoms with Gasteiger partial charge in [0.2, 0.25) is 5.91 Å². The van der Waals surface area contributed by atoms with Crippen LogP contribution in [0.3, 0.4) is 0 Å². The summed E-state index contributed by atoms with van der Waals surface area (Å²) in [5.41, 5.74) is 0. The van der Waals surface area contributed by atoms with E-state index in [0.29, 0.717) is 0 Å². The molecule has 5 nitrogen and oxygen atoms in total. The summed E-state index contributed by atoms with van der Waals surface area (Å²) in [6, 6.07) is 0. The number of aliphatic carboxylic acids is 1. The van der Waals surface area contributed by atoms with Crippen LogP contribution in [0.15, 0.2) is 12.2 Å². The van der Waals surface area contributed by atoms with Gasteiger partial charge in [0, 0.05) is 18.7 Å². The van der Waals surface area contributed by atoms with Gasteiger partial charge in [-0.25, -0.2) is 4.79 Å². The van der Waals surface area contributed by atoms with Gasteiger partial charge in [0.25, 0.3) is 0 Å². The number of rotatable bonds is 4. The van der Waals surface area contributed by atoms with E-state index in [9.17, 15) is 9.59 Å². The number of carboxylic acids is 1. The van der Waals surface area contributed by atoms with Gasteiger partial charge in [0.1, 0.15) is 0 Å². The third-order valence-electron chi connectivity index (χ3n) is 0.788. The van der Waals surface area contributed by atoms with Gasteiger partial charge in [-0.3, -0.25) is 4.79 Å². The molecule has 0 saturated carbocycles. The first-order chi connectivity index (χ1) is 5.16. The number of nitrogens with one attached hydrogen (secondary N) is 1. The molecule has 0 heterocycles. The molecule has 0 saturated heterocycles. The van der Waals surface area contributed by atoms with Gasteiger partial charge in [0.05, 0.1) is 6.61 Å². The molecule has 0 bridgehead atoms. The fraction of sp³-hybridized carbons (Fsp3) is 0.333. The Morgan fingerprint density at radius 3 is 2.45 bits per heavy atom. The molecule has 0 aromatic heterocycles. The maximum absolute atomic E-state index is 10.5. The van der Waals surface area contributed by atoms with E-state index in [1.165, 1.54) is 0 Å². The number of carbonyl (C=O) groups excluding carboxylic acids is 1. The lowest BCUT2D eigenvalue weighted by molar-refractivity contribution is -0.131. The molecular weight excluding hydrogens is 150 g/mol. The Hall–Kier alpha value is -1.36. The minimum atomic E-state index is -1.18. The SMILES string of the molecule is O=C(O)/C=C\C(=O)NCCO. The third-order valence-corrected chi connectivity index (χ3v) is 0.788. The summed E-state index contributed by atoms with van der Waals surface area (Å²) in [6.07, 6.45) is 1.62. The van der Waals surface area contributed by atoms with Gasteiger partial charge in [-0.05, 0) is 0 Å². The quantitative estimate of drug-likeness (QED) is 0.446. The monoisotopic (exact) mass is 159 g/mol. The highest BCUT2D eigenvalue weighted by molar-refractivity contribution is 5.93. The van der Waals surface area contributed by atoms with E-state index in [1.807, 2.05) is 0 Å². The molecule has 0 spiro atoms. The molecule has 0 fully saturated rings. The number of carbonyl (C=O) groups is 2. The smallest absolute Gasteiger partial charge is 0.328 e. The number of aliphatic hydroxyl groups excluding tert-OH is 1. The molecule has 0 aliphatic heterocycles. The molecule has 0 aliphatic rings. The predicted octanol–water partition coefficient (Wildman–Crippen LogP) is -1.26. The van der Waals surface area contributed by atoms with Gasteiger partial charge < -0.3 is 15.5 Å². The van der Waals surface area contributed by atoms with Crippen LogP contribution in [0.2, 0.25) is 0 Å². The van der Waals surface area contributed by atoms with Crippen molar-refractivity contribution in [2.45, 2.75) is 0 Å². The lowest BCUT2D eigenvalue weighted by atomic mass is 10.4. The highest BCUT2D eigenvalue weighted by Crippen LogP contribution is 1.73. The van der Waals surface area contributed by atoms with Crippen LogP contribution in [0.4, 0.5) is 0 Å². The number of amides is 1. The minimum absolute atomic E-state index is 0.128. The Bertz CT molecular complexity index is 175. The van der Waals surface area contributed by atoms with E-state index in [2.05, 4.69) is 5.32 Å². The molecule has 0 unspecified atom stereocenters. The Morgan fingerprint density at radius 2 is 2.00 bits per heavy atom. The normalized spacial score (nSPS) is 9.91. The van der Waals surface area contributed by atoms with E-state index >= 15 is 0 Å². The Kier molecular flexibility index (Phi) is 4.76. The van der Waals surface area contributed by atoms with Gasteiger partial charge in [-0.1, -0.05) is 0 Å². The molecular formula is C6H9NO4. The van der Waals surface area contributed by atoms with Crippen LogP contribution in [0.25, 0.3) is 0 Å². The number of hydrogen-bond acceptors (Lipinski definition) is 3. The van der Waals surface area contributed by atoms with Gasteiger partial charge in [0.15, 0.2) is 0 Å². The van der Waals surface area contributed by atoms with Crippen molar-refractivity contribution in [2.75, 3.05) is 13.2 Å². The first-order valence-corrected chi connectivity index (χ1v) is 2.96. The predicted molar refractivity (Wildman–Crippen MR) is 36.9 cm³/mol. The summed E-state index contributed by atoms with van der Waals surface area (Å²) >= 11 is 0. The highest BCUT2D eigenvalue weighted by atomic mass is 16.4. The number of aliphatic hydroxyl groups is 1. The number of carboxylic acid groups (broad SMARTS) is 1. The maximum atomic E-state index is 10.5. The molecule has 0 aromatic rings. The number of hydrogen-bond donors (Lipinski definition) is 3. The zero-order valence-electron chi connectivity index (χ0n) is 5.78. The molecule has 62 valence electrons. The molecule has 11 heavy (non-hydrogen) atoms. The van der Waals surface area contributed by atoms with Crippen LogP contribution in [0.1, 0.15) is 0 Å². The Morgan fingerprint density at radius 1 is 1.36 bits per heavy atom. The Balaban J connectivity index is 3.60. The summed E-state index contributed by atoms with van der Waals surface area (Å²) in [4.78, 5) is 20.4. The average molecular weight is 159 g/mol. The van der Waals surface area contributed by atoms with Crippen LogP contribution >= 0.6 is 0 Å². The molecule has 0 atom stereocenters. The van der Waals surface area contributed by atoms with Crippen molar-refractivity contribution in [3.8, 4) is 0 Å². The second-order valence-corrected chi connectivity index (χ2v) is 1.69. The van der Waals surface area contributed by atoms with Crippen LogP contribution in [0.5, 0.6) is 0 Å². The molecule has 5 heteroatoms. The van der Waals surface area contributed by atoms with Crippen molar-refractivity contribution >= 4 is 11.9 Å². The van der Waals surface area contributed by atoms with Crippen LogP contribution in [0, 0.1) is 0 Å². The molecule has 0 rings (SSSR count). The fourth-order valence-electron chi connectivity index (χ4n) is 0.385. The first-order valence-electron chi connectivity index (χ1n) is 2.96. The van der Waals surface area contributed by atoms with Gasteiger partial charge >= 0.3 is 5.97 Å². The molecule has 3 N–H and O–H groups in total. The van der Waals surface area contributed by atoms with Crippen molar-refractivity contribution < 1.29 is 19.8 Å². The summed E-state index contributed by atoms with van der Waals surface area (Å²) in [5, 5.41) is 18.6. The summed E-state index contributed by atoms with van der Waals surface area (Å²) < 4.78 is 0. The van der Waals surface area contributed by atoms with Crippen LogP contribution in [-0.4, -0.2) is 35.2 Å². The van der Waals surface area contributed by atoms with Crippen molar-refractivity contribution in [3.63, 3.8) is 0 Å². The zero-order valence-corrected chi connectivity index (χ0v) is 5.78. The largest absolute Gasteiger partial charge is 0.478 e. The molecule has 0 radical (unpaired) electrons. The molecule has 0 aliphatic carbocycles. The van der Waals surface area contributed by atoms with Crippen molar-refractivity contribution in [1.82, 2.24) is 5.32 Å².